The summed E-state index contributed by atoms with van der Waals surface area (Å²) >= 11 is 0. The van der Waals surface area contributed by atoms with Crippen LogP contribution in [0.15, 0.2) is 11.6 Å². The van der Waals surface area contributed by atoms with Crippen LogP contribution in [-0.2, 0) is 4.79 Å². The second-order valence-electron chi connectivity index (χ2n) is 16.0. The van der Waals surface area contributed by atoms with Crippen LogP contribution in [0.2, 0.25) is 0 Å². The molecule has 266 valence electrons. The second kappa shape index (κ2) is 21.2. The summed E-state index contributed by atoms with van der Waals surface area (Å²) in [6, 6.07) is 2.21. The van der Waals surface area contributed by atoms with Crippen molar-refractivity contribution in [3.8, 4) is 0 Å². The molecule has 0 saturated carbocycles. The molecule has 8 atom stereocenters. The Bertz CT molecular complexity index is 880. The molecule has 0 bridgehead atoms. The molecule has 0 aliphatic carbocycles. The molecule has 6 nitrogen and oxygen atoms in total. The van der Waals surface area contributed by atoms with Crippen LogP contribution in [0.5, 0.6) is 0 Å². The number of unbranched alkanes of at least 4 members (excludes halogenated alkanes) is 14. The first-order valence-electron chi connectivity index (χ1n) is 20.3. The summed E-state index contributed by atoms with van der Waals surface area (Å²) in [4.78, 5) is 14.9. The number of piperidine rings is 2. The molecule has 0 radical (unpaired) electrons. The predicted molar refractivity (Wildman–Crippen MR) is 192 cm³/mol. The van der Waals surface area contributed by atoms with Gasteiger partial charge in [0.2, 0.25) is 5.91 Å². The molecule has 0 aromatic carbocycles. The molecule has 0 aromatic heterocycles. The average Bonchev–Trinajstić information content (AvgIpc) is 3.42. The van der Waals surface area contributed by atoms with Gasteiger partial charge in [0.05, 0.1) is 12.2 Å². The standard InChI is InChI=1S/C40H73N3O3/c1-31-38(44)26-23-35(41-31)21-17-13-9-5-3-7-11-15-19-33-29-34(37-25-28-40(46)43(37)30-33)20-16-12-8-4-6-10-14-18-22-36-24-27-39(45)32(2)42-36/h29,31-32,34-39,41-42,44-45H,3-28,30H2,1-2H3/t31-,32-,34-,35+,36+,37+,38+,39+/m1/s1. The molecule has 0 spiro atoms. The number of aliphatic hydroxyl groups excluding tert-OH is 2. The van der Waals surface area contributed by atoms with Gasteiger partial charge in [0.25, 0.3) is 0 Å². The Labute approximate surface area is 283 Å². The third kappa shape index (κ3) is 13.2. The van der Waals surface area contributed by atoms with Crippen molar-refractivity contribution in [3.05, 3.63) is 11.6 Å². The number of carbonyl (C=O) groups excluding carboxylic acids is 1. The summed E-state index contributed by atoms with van der Waals surface area (Å²) in [5, 5.41) is 26.9. The molecule has 0 unspecified atom stereocenters. The van der Waals surface area contributed by atoms with Crippen LogP contribution in [0.3, 0.4) is 0 Å². The first-order valence-corrected chi connectivity index (χ1v) is 20.3. The number of nitrogens with zero attached hydrogens (tertiary/aromatic N) is 1. The molecular formula is C40H73N3O3. The van der Waals surface area contributed by atoms with Gasteiger partial charge < -0.3 is 25.7 Å². The van der Waals surface area contributed by atoms with E-state index in [4.69, 9.17) is 0 Å². The topological polar surface area (TPSA) is 84.8 Å². The van der Waals surface area contributed by atoms with Gasteiger partial charge in [-0.05, 0) is 84.0 Å². The number of hydrogen-bond acceptors (Lipinski definition) is 5. The Morgan fingerprint density at radius 1 is 0.630 bits per heavy atom. The molecular weight excluding hydrogens is 570 g/mol. The minimum atomic E-state index is -0.158. The van der Waals surface area contributed by atoms with Crippen molar-refractivity contribution in [1.82, 2.24) is 15.5 Å². The van der Waals surface area contributed by atoms with Gasteiger partial charge >= 0.3 is 0 Å². The SMILES string of the molecule is C[C@H]1N[C@@H](CCCCCCCCCCC2=C[C@@H](CCCCCCCCCC[C@H]3CC[C@H](O)[C@@H](C)N3)[C@@H]3CCC(=O)N3C2)CC[C@@H]1O. The van der Waals surface area contributed by atoms with E-state index in [0.717, 1.165) is 45.1 Å². The fourth-order valence-corrected chi connectivity index (χ4v) is 9.00. The van der Waals surface area contributed by atoms with Crippen LogP contribution in [0.4, 0.5) is 0 Å². The van der Waals surface area contributed by atoms with Gasteiger partial charge in [0, 0.05) is 43.2 Å². The largest absolute Gasteiger partial charge is 0.392 e. The van der Waals surface area contributed by atoms with Crippen molar-refractivity contribution in [2.24, 2.45) is 5.92 Å². The highest BCUT2D eigenvalue weighted by atomic mass is 16.3. The summed E-state index contributed by atoms with van der Waals surface area (Å²) in [5.74, 6) is 0.989. The molecule has 4 rings (SSSR count). The van der Waals surface area contributed by atoms with Gasteiger partial charge in [-0.3, -0.25) is 4.79 Å². The summed E-state index contributed by atoms with van der Waals surface area (Å²) in [7, 11) is 0. The average molecular weight is 644 g/mol. The van der Waals surface area contributed by atoms with Crippen molar-refractivity contribution in [3.63, 3.8) is 0 Å². The predicted octanol–water partition coefficient (Wildman–Crippen LogP) is 8.34. The van der Waals surface area contributed by atoms with Crippen LogP contribution in [0.1, 0.15) is 181 Å². The lowest BCUT2D eigenvalue weighted by molar-refractivity contribution is -0.129. The molecule has 4 aliphatic rings. The zero-order chi connectivity index (χ0) is 32.6. The summed E-state index contributed by atoms with van der Waals surface area (Å²) in [5.41, 5.74) is 1.55. The van der Waals surface area contributed by atoms with E-state index in [1.54, 1.807) is 5.57 Å². The minimum absolute atomic E-state index is 0.157. The monoisotopic (exact) mass is 644 g/mol. The minimum Gasteiger partial charge on any atom is -0.392 e. The maximum atomic E-state index is 12.7. The lowest BCUT2D eigenvalue weighted by Crippen LogP contribution is -2.48. The van der Waals surface area contributed by atoms with E-state index in [9.17, 15) is 15.0 Å². The third-order valence-corrected chi connectivity index (χ3v) is 12.1. The molecule has 4 aliphatic heterocycles. The maximum absolute atomic E-state index is 12.7. The lowest BCUT2D eigenvalue weighted by atomic mass is 9.85. The zero-order valence-corrected chi connectivity index (χ0v) is 30.0. The number of nitrogens with one attached hydrogen (secondary N) is 2. The van der Waals surface area contributed by atoms with Crippen LogP contribution >= 0.6 is 0 Å². The summed E-state index contributed by atoms with van der Waals surface area (Å²) in [6.07, 6.45) is 34.8. The number of hydrogen-bond donors (Lipinski definition) is 4. The normalized spacial score (nSPS) is 31.7. The zero-order valence-electron chi connectivity index (χ0n) is 30.0. The van der Waals surface area contributed by atoms with Crippen molar-refractivity contribution in [1.29, 1.82) is 0 Å². The quantitative estimate of drug-likeness (QED) is 0.0704. The Morgan fingerprint density at radius 3 is 1.59 bits per heavy atom. The number of fused-ring (bicyclic) bond motifs is 1. The highest BCUT2D eigenvalue weighted by molar-refractivity contribution is 5.79. The van der Waals surface area contributed by atoms with Crippen molar-refractivity contribution in [2.75, 3.05) is 6.54 Å². The number of rotatable bonds is 22. The Balaban J connectivity index is 0.988. The highest BCUT2D eigenvalue weighted by Crippen LogP contribution is 2.35. The van der Waals surface area contributed by atoms with Gasteiger partial charge in [-0.25, -0.2) is 0 Å². The van der Waals surface area contributed by atoms with Gasteiger partial charge in [-0.1, -0.05) is 108 Å². The number of aliphatic hydroxyl groups is 2. The molecule has 4 heterocycles. The van der Waals surface area contributed by atoms with E-state index >= 15 is 0 Å². The Morgan fingerprint density at radius 2 is 1.09 bits per heavy atom. The van der Waals surface area contributed by atoms with Crippen molar-refractivity contribution in [2.45, 2.75) is 223 Å². The fraction of sp³-hybridized carbons (Fsp3) is 0.925. The van der Waals surface area contributed by atoms with E-state index in [0.29, 0.717) is 30.0 Å². The molecule has 0 aromatic rings. The first-order chi connectivity index (χ1) is 22.4. The summed E-state index contributed by atoms with van der Waals surface area (Å²) < 4.78 is 0. The van der Waals surface area contributed by atoms with Crippen LogP contribution in [0, 0.1) is 5.92 Å². The Kier molecular flexibility index (Phi) is 17.5. The molecule has 3 fully saturated rings. The lowest BCUT2D eigenvalue weighted by Gasteiger charge is -2.36. The van der Waals surface area contributed by atoms with E-state index in [1.807, 2.05) is 0 Å². The molecule has 1 amide bonds. The fourth-order valence-electron chi connectivity index (χ4n) is 9.00. The highest BCUT2D eigenvalue weighted by Gasteiger charge is 2.38. The van der Waals surface area contributed by atoms with E-state index in [1.165, 1.54) is 128 Å². The van der Waals surface area contributed by atoms with Gasteiger partial charge in [0.15, 0.2) is 0 Å². The number of amides is 1. The Hall–Kier alpha value is -0.950. The van der Waals surface area contributed by atoms with E-state index < -0.39 is 0 Å². The van der Waals surface area contributed by atoms with Crippen molar-refractivity contribution >= 4 is 5.91 Å². The molecule has 46 heavy (non-hydrogen) atoms. The molecule has 4 N–H and O–H groups in total. The van der Waals surface area contributed by atoms with Crippen LogP contribution in [0.25, 0.3) is 0 Å². The van der Waals surface area contributed by atoms with E-state index in [2.05, 4.69) is 35.5 Å². The van der Waals surface area contributed by atoms with Crippen molar-refractivity contribution < 1.29 is 15.0 Å². The van der Waals surface area contributed by atoms with Crippen LogP contribution in [-0.4, -0.2) is 70.0 Å². The van der Waals surface area contributed by atoms with Crippen LogP contribution < -0.4 is 10.6 Å². The molecule has 6 heteroatoms. The maximum Gasteiger partial charge on any atom is 0.223 e. The smallest absolute Gasteiger partial charge is 0.223 e. The second-order valence-corrected chi connectivity index (χ2v) is 16.0. The number of carbonyl (C=O) groups is 1. The first kappa shape index (κ1) is 37.9. The van der Waals surface area contributed by atoms with Gasteiger partial charge in [-0.2, -0.15) is 0 Å². The molecule has 3 saturated heterocycles. The van der Waals surface area contributed by atoms with Gasteiger partial charge in [-0.15, -0.1) is 0 Å². The van der Waals surface area contributed by atoms with E-state index in [-0.39, 0.29) is 24.3 Å². The van der Waals surface area contributed by atoms with Gasteiger partial charge in [0.1, 0.15) is 0 Å². The third-order valence-electron chi connectivity index (χ3n) is 12.1. The summed E-state index contributed by atoms with van der Waals surface area (Å²) in [6.45, 7) is 5.13.